The van der Waals surface area contributed by atoms with E-state index in [1.807, 2.05) is 38.1 Å². The van der Waals surface area contributed by atoms with Crippen molar-refractivity contribution in [3.63, 3.8) is 0 Å². The fraction of sp³-hybridized carbons (Fsp3) is 0.516. The second-order valence-electron chi connectivity index (χ2n) is 12.4. The van der Waals surface area contributed by atoms with Crippen LogP contribution in [0.15, 0.2) is 30.6 Å². The van der Waals surface area contributed by atoms with Crippen LogP contribution in [0.5, 0.6) is 0 Å². The number of amides is 3. The summed E-state index contributed by atoms with van der Waals surface area (Å²) in [7, 11) is 0. The van der Waals surface area contributed by atoms with Gasteiger partial charge in [-0.1, -0.05) is 6.07 Å². The Morgan fingerprint density at radius 1 is 1.12 bits per heavy atom. The van der Waals surface area contributed by atoms with Gasteiger partial charge in [-0.3, -0.25) is 4.90 Å². The minimum atomic E-state index is -0.625. The maximum Gasteiger partial charge on any atom is 0.410 e. The van der Waals surface area contributed by atoms with Gasteiger partial charge >= 0.3 is 12.1 Å². The van der Waals surface area contributed by atoms with E-state index in [1.165, 1.54) is 0 Å². The zero-order valence-electron chi connectivity index (χ0n) is 24.3. The van der Waals surface area contributed by atoms with E-state index < -0.39 is 11.7 Å². The van der Waals surface area contributed by atoms with E-state index in [0.717, 1.165) is 44.4 Å². The molecule has 0 spiro atoms. The number of hydrogen-bond donors (Lipinski definition) is 2. The Kier molecular flexibility index (Phi) is 7.15. The lowest BCUT2D eigenvalue weighted by atomic mass is 9.87. The summed E-state index contributed by atoms with van der Waals surface area (Å²) in [4.78, 5) is 40.0. The normalized spacial score (nSPS) is 21.3. The number of aliphatic hydroxyl groups is 1. The average Bonchev–Trinajstić information content (AvgIpc) is 3.55. The number of fused-ring (bicyclic) bond motifs is 2. The number of H-pyrrole nitrogens is 1. The van der Waals surface area contributed by atoms with Crippen LogP contribution in [0.3, 0.4) is 0 Å². The topological polar surface area (TPSA) is 111 Å². The Morgan fingerprint density at radius 3 is 2.71 bits per heavy atom. The molecule has 3 aliphatic rings. The average molecular weight is 562 g/mol. The first-order chi connectivity index (χ1) is 19.6. The molecule has 6 rings (SSSR count). The summed E-state index contributed by atoms with van der Waals surface area (Å²) in [5.41, 5.74) is 6.54. The van der Waals surface area contributed by atoms with E-state index >= 15 is 0 Å². The maximum absolute atomic E-state index is 13.4. The first kappa shape index (κ1) is 27.5. The Labute approximate surface area is 240 Å². The molecule has 2 aromatic heterocycles. The number of nitrogens with zero attached hydrogens (tertiary/aromatic N) is 4. The zero-order chi connectivity index (χ0) is 28.9. The minimum absolute atomic E-state index is 0.0521. The third-order valence-corrected chi connectivity index (χ3v) is 8.27. The molecule has 0 aliphatic carbocycles. The summed E-state index contributed by atoms with van der Waals surface area (Å²) in [5, 5.41) is 11.1. The molecule has 3 aromatic rings. The van der Waals surface area contributed by atoms with Crippen LogP contribution in [0.2, 0.25) is 0 Å². The monoisotopic (exact) mass is 561 g/mol. The van der Waals surface area contributed by atoms with Crippen molar-refractivity contribution in [2.75, 3.05) is 39.4 Å². The summed E-state index contributed by atoms with van der Waals surface area (Å²) in [5.74, 6) is 0. The van der Waals surface area contributed by atoms with Crippen molar-refractivity contribution < 1.29 is 24.2 Å². The molecule has 41 heavy (non-hydrogen) atoms. The van der Waals surface area contributed by atoms with Crippen LogP contribution in [-0.4, -0.2) is 93.0 Å². The molecule has 2 N–H and O–H groups in total. The van der Waals surface area contributed by atoms with Gasteiger partial charge in [0.25, 0.3) is 0 Å². The summed E-state index contributed by atoms with van der Waals surface area (Å²) < 4.78 is 11.7. The number of likely N-dealkylation sites (tertiary alicyclic amines) is 1. The van der Waals surface area contributed by atoms with Crippen molar-refractivity contribution >= 4 is 23.2 Å². The molecule has 1 aromatic carbocycles. The highest BCUT2D eigenvalue weighted by molar-refractivity contribution is 5.85. The van der Waals surface area contributed by atoms with Gasteiger partial charge in [0.15, 0.2) is 0 Å². The molecule has 10 heteroatoms. The summed E-state index contributed by atoms with van der Waals surface area (Å²) in [6.07, 6.45) is 4.30. The van der Waals surface area contributed by atoms with Gasteiger partial charge < -0.3 is 29.4 Å². The largest absolute Gasteiger partial charge is 0.444 e. The van der Waals surface area contributed by atoms with Gasteiger partial charge in [0.2, 0.25) is 0 Å². The molecule has 0 saturated carbocycles. The third-order valence-electron chi connectivity index (χ3n) is 8.27. The number of hydrogen-bond acceptors (Lipinski definition) is 6. The molecule has 5 heterocycles. The van der Waals surface area contributed by atoms with Crippen molar-refractivity contribution in [3.8, 4) is 11.1 Å². The molecular weight excluding hydrogens is 522 g/mol. The lowest BCUT2D eigenvalue weighted by Crippen LogP contribution is -2.47. The van der Waals surface area contributed by atoms with Crippen LogP contribution in [-0.2, 0) is 22.4 Å². The number of β-amino-alcohol motifs (C(OH)–C–C–N with tert-alkyl or cyclic N) is 1. The van der Waals surface area contributed by atoms with Crippen LogP contribution in [0.25, 0.3) is 22.2 Å². The lowest BCUT2D eigenvalue weighted by Gasteiger charge is -2.40. The van der Waals surface area contributed by atoms with E-state index in [2.05, 4.69) is 35.1 Å². The highest BCUT2D eigenvalue weighted by Gasteiger charge is 2.37. The van der Waals surface area contributed by atoms with E-state index in [0.29, 0.717) is 58.8 Å². The number of aryl methyl sites for hydroxylation is 1. The minimum Gasteiger partial charge on any atom is -0.444 e. The Bertz CT molecular complexity index is 1480. The van der Waals surface area contributed by atoms with Crippen LogP contribution in [0.4, 0.5) is 9.59 Å². The van der Waals surface area contributed by atoms with Crippen molar-refractivity contribution in [1.29, 1.82) is 0 Å². The fourth-order valence-electron chi connectivity index (χ4n) is 6.13. The number of benzene rings is 1. The number of ether oxygens (including phenoxy) is 2. The first-order valence-electron chi connectivity index (χ1n) is 14.5. The van der Waals surface area contributed by atoms with Crippen LogP contribution in [0, 0.1) is 6.92 Å². The number of urea groups is 1. The highest BCUT2D eigenvalue weighted by atomic mass is 16.6. The third kappa shape index (κ3) is 5.50. The summed E-state index contributed by atoms with van der Waals surface area (Å²) in [6.45, 7) is 10.8. The molecule has 2 saturated heterocycles. The van der Waals surface area contributed by atoms with Crippen molar-refractivity contribution in [1.82, 2.24) is 24.7 Å². The predicted molar refractivity (Wildman–Crippen MR) is 154 cm³/mol. The molecule has 0 radical (unpaired) electrons. The number of aromatic nitrogens is 2. The van der Waals surface area contributed by atoms with Crippen LogP contribution < -0.4 is 0 Å². The summed E-state index contributed by atoms with van der Waals surface area (Å²) >= 11 is 0. The molecular formula is C31H39N5O5. The molecule has 2 unspecified atom stereocenters. The quantitative estimate of drug-likeness (QED) is 0.480. The van der Waals surface area contributed by atoms with Crippen molar-refractivity contribution in [2.24, 2.45) is 0 Å². The summed E-state index contributed by atoms with van der Waals surface area (Å²) in [6, 6.07) is 6.07. The molecule has 3 aliphatic heterocycles. The second-order valence-corrected chi connectivity index (χ2v) is 12.4. The SMILES string of the molecule is Cc1c[nH]c2ncc(-c3cc4c(c(C5COCCN5C(=O)OC(C)(C)C)c3)CN(C(=O)N3CCC(O)C3)CC4)cc12. The van der Waals surface area contributed by atoms with Gasteiger partial charge in [0, 0.05) is 56.1 Å². The van der Waals surface area contributed by atoms with E-state index in [9.17, 15) is 14.7 Å². The van der Waals surface area contributed by atoms with Crippen LogP contribution in [0.1, 0.15) is 55.5 Å². The number of rotatable bonds is 2. The number of nitrogens with one attached hydrogen (secondary N) is 1. The lowest BCUT2D eigenvalue weighted by molar-refractivity contribution is -0.0334. The van der Waals surface area contributed by atoms with Gasteiger partial charge in [-0.25, -0.2) is 14.6 Å². The van der Waals surface area contributed by atoms with Gasteiger partial charge in [0.1, 0.15) is 11.2 Å². The highest BCUT2D eigenvalue weighted by Crippen LogP contribution is 2.37. The molecule has 3 amide bonds. The second kappa shape index (κ2) is 10.6. The number of aromatic amines is 1. The first-order valence-corrected chi connectivity index (χ1v) is 14.5. The van der Waals surface area contributed by atoms with E-state index in [-0.39, 0.29) is 18.2 Å². The van der Waals surface area contributed by atoms with Gasteiger partial charge in [-0.05, 0) is 80.5 Å². The standard InChI is InChI=1S/C31H39N5O5/c1-19-14-32-28-24(19)13-22(15-33-28)21-11-20-5-7-35(29(38)34-8-6-23(37)16-34)17-26(20)25(12-21)27-18-40-10-9-36(27)30(39)41-31(2,3)4/h11-15,23,27,37H,5-10,16-18H2,1-4H3,(H,32,33). The smallest absolute Gasteiger partial charge is 0.410 e. The molecule has 2 fully saturated rings. The zero-order valence-corrected chi connectivity index (χ0v) is 24.3. The Hall–Kier alpha value is -3.63. The maximum atomic E-state index is 13.4. The fourth-order valence-corrected chi connectivity index (χ4v) is 6.13. The number of carbonyl (C=O) groups is 2. The number of pyridine rings is 1. The number of carbonyl (C=O) groups excluding carboxylic acids is 2. The van der Waals surface area contributed by atoms with Crippen LogP contribution >= 0.6 is 0 Å². The van der Waals surface area contributed by atoms with Gasteiger partial charge in [-0.2, -0.15) is 0 Å². The van der Waals surface area contributed by atoms with Crippen molar-refractivity contribution in [3.05, 3.63) is 52.8 Å². The molecule has 0 bridgehead atoms. The van der Waals surface area contributed by atoms with E-state index in [4.69, 9.17) is 9.47 Å². The van der Waals surface area contributed by atoms with E-state index in [1.54, 1.807) is 9.80 Å². The molecule has 218 valence electrons. The predicted octanol–water partition coefficient (Wildman–Crippen LogP) is 4.39. The Morgan fingerprint density at radius 2 is 1.95 bits per heavy atom. The Balaban J connectivity index is 1.41. The molecule has 10 nitrogen and oxygen atoms in total. The van der Waals surface area contributed by atoms with Gasteiger partial charge in [0.05, 0.1) is 25.4 Å². The number of morpholine rings is 1. The number of aliphatic hydroxyl groups excluding tert-OH is 1. The molecule has 2 atom stereocenters. The van der Waals surface area contributed by atoms with Gasteiger partial charge in [-0.15, -0.1) is 0 Å². The van der Waals surface area contributed by atoms with Crippen molar-refractivity contribution in [2.45, 2.75) is 64.8 Å².